The molecule has 1 fully saturated rings. The Hall–Kier alpha value is -2.08. The molecule has 0 bridgehead atoms. The van der Waals surface area contributed by atoms with Gasteiger partial charge in [0.1, 0.15) is 0 Å². The van der Waals surface area contributed by atoms with E-state index in [0.29, 0.717) is 6.54 Å². The molecule has 1 saturated heterocycles. The second kappa shape index (κ2) is 8.68. The van der Waals surface area contributed by atoms with Gasteiger partial charge in [0, 0.05) is 51.0 Å². The van der Waals surface area contributed by atoms with Crippen LogP contribution in [0, 0.1) is 0 Å². The molecule has 1 heterocycles. The van der Waals surface area contributed by atoms with E-state index in [4.69, 9.17) is 0 Å². The van der Waals surface area contributed by atoms with Crippen LogP contribution in [0.25, 0.3) is 0 Å². The summed E-state index contributed by atoms with van der Waals surface area (Å²) in [4.78, 5) is 29.8. The quantitative estimate of drug-likeness (QED) is 0.860. The van der Waals surface area contributed by atoms with Gasteiger partial charge in [-0.3, -0.25) is 9.59 Å². The van der Waals surface area contributed by atoms with Crippen LogP contribution in [0.1, 0.15) is 20.3 Å². The number of rotatable bonds is 6. The predicted octanol–water partition coefficient (Wildman–Crippen LogP) is 1.64. The molecule has 132 valence electrons. The Morgan fingerprint density at radius 2 is 1.75 bits per heavy atom. The molecule has 0 aromatic heterocycles. The maximum atomic E-state index is 12.1. The lowest BCUT2D eigenvalue weighted by atomic mass is 10.2. The Kier molecular flexibility index (Phi) is 6.61. The number of anilines is 2. The summed E-state index contributed by atoms with van der Waals surface area (Å²) < 4.78 is 0. The van der Waals surface area contributed by atoms with Gasteiger partial charge in [0.25, 0.3) is 0 Å². The van der Waals surface area contributed by atoms with Crippen molar-refractivity contribution in [2.75, 3.05) is 56.5 Å². The standard InChI is InChI=1S/C18H28N4O2/c1-4-9-22(15(2)23)14-18(24)19-16-5-7-17(8-6-16)21-12-10-20(3)11-13-21/h5-8H,4,9-14H2,1-3H3,(H,19,24). The second-order valence-corrected chi connectivity index (χ2v) is 6.33. The first-order valence-electron chi connectivity index (χ1n) is 8.58. The van der Waals surface area contributed by atoms with E-state index in [1.165, 1.54) is 12.6 Å². The molecule has 0 aliphatic carbocycles. The largest absolute Gasteiger partial charge is 0.369 e. The highest BCUT2D eigenvalue weighted by molar-refractivity contribution is 5.94. The monoisotopic (exact) mass is 332 g/mol. The van der Waals surface area contributed by atoms with Crippen LogP contribution in [0.5, 0.6) is 0 Å². The Labute approximate surface area is 144 Å². The van der Waals surface area contributed by atoms with Crippen molar-refractivity contribution in [2.24, 2.45) is 0 Å². The lowest BCUT2D eigenvalue weighted by Gasteiger charge is -2.34. The van der Waals surface area contributed by atoms with Crippen molar-refractivity contribution in [3.05, 3.63) is 24.3 Å². The molecule has 1 aromatic rings. The fourth-order valence-corrected chi connectivity index (χ4v) is 2.81. The summed E-state index contributed by atoms with van der Waals surface area (Å²) in [5.74, 6) is -0.233. The summed E-state index contributed by atoms with van der Waals surface area (Å²) in [7, 11) is 2.14. The first-order valence-corrected chi connectivity index (χ1v) is 8.58. The predicted molar refractivity (Wildman–Crippen MR) is 97.3 cm³/mol. The van der Waals surface area contributed by atoms with Crippen LogP contribution in [0.15, 0.2) is 24.3 Å². The lowest BCUT2D eigenvalue weighted by Crippen LogP contribution is -2.44. The van der Waals surface area contributed by atoms with Crippen molar-refractivity contribution >= 4 is 23.2 Å². The van der Waals surface area contributed by atoms with Crippen molar-refractivity contribution in [1.82, 2.24) is 9.80 Å². The van der Waals surface area contributed by atoms with Crippen molar-refractivity contribution in [1.29, 1.82) is 0 Å². The first-order chi connectivity index (χ1) is 11.5. The van der Waals surface area contributed by atoms with Crippen LogP contribution in [-0.4, -0.2) is 67.9 Å². The van der Waals surface area contributed by atoms with E-state index < -0.39 is 0 Å². The van der Waals surface area contributed by atoms with Gasteiger partial charge in [-0.05, 0) is 37.7 Å². The van der Waals surface area contributed by atoms with Crippen molar-refractivity contribution < 1.29 is 9.59 Å². The molecule has 6 heteroatoms. The third kappa shape index (κ3) is 5.23. The number of benzene rings is 1. The molecular formula is C18H28N4O2. The van der Waals surface area contributed by atoms with Gasteiger partial charge in [0.05, 0.1) is 6.54 Å². The first kappa shape index (κ1) is 18.3. The van der Waals surface area contributed by atoms with E-state index in [1.807, 2.05) is 31.2 Å². The minimum Gasteiger partial charge on any atom is -0.369 e. The topological polar surface area (TPSA) is 55.9 Å². The Balaban J connectivity index is 1.89. The molecule has 2 amide bonds. The van der Waals surface area contributed by atoms with Crippen LogP contribution in [0.2, 0.25) is 0 Å². The molecule has 1 aliphatic heterocycles. The summed E-state index contributed by atoms with van der Waals surface area (Å²) in [5.41, 5.74) is 1.94. The van der Waals surface area contributed by atoms with Crippen molar-refractivity contribution in [2.45, 2.75) is 20.3 Å². The SMILES string of the molecule is CCCN(CC(=O)Nc1ccc(N2CCN(C)CC2)cc1)C(C)=O. The van der Waals surface area contributed by atoms with Gasteiger partial charge in [-0.1, -0.05) is 6.92 Å². The van der Waals surface area contributed by atoms with E-state index in [0.717, 1.165) is 38.3 Å². The zero-order valence-electron chi connectivity index (χ0n) is 14.9. The molecule has 1 aliphatic rings. The Bertz CT molecular complexity index is 551. The number of nitrogens with one attached hydrogen (secondary N) is 1. The average molecular weight is 332 g/mol. The minimum atomic E-state index is -0.161. The Morgan fingerprint density at radius 1 is 1.12 bits per heavy atom. The molecule has 0 unspecified atom stereocenters. The van der Waals surface area contributed by atoms with Crippen LogP contribution in [-0.2, 0) is 9.59 Å². The molecule has 0 atom stereocenters. The number of hydrogen-bond acceptors (Lipinski definition) is 4. The molecular weight excluding hydrogens is 304 g/mol. The molecule has 1 aromatic carbocycles. The van der Waals surface area contributed by atoms with Gasteiger partial charge in [-0.15, -0.1) is 0 Å². The smallest absolute Gasteiger partial charge is 0.243 e. The summed E-state index contributed by atoms with van der Waals surface area (Å²) in [5, 5.41) is 2.86. The van der Waals surface area contributed by atoms with Gasteiger partial charge < -0.3 is 20.0 Å². The molecule has 0 radical (unpaired) electrons. The van der Waals surface area contributed by atoms with Crippen LogP contribution < -0.4 is 10.2 Å². The van der Waals surface area contributed by atoms with E-state index in [9.17, 15) is 9.59 Å². The summed E-state index contributed by atoms with van der Waals surface area (Å²) >= 11 is 0. The highest BCUT2D eigenvalue weighted by Crippen LogP contribution is 2.19. The maximum absolute atomic E-state index is 12.1. The van der Waals surface area contributed by atoms with Gasteiger partial charge in [-0.2, -0.15) is 0 Å². The van der Waals surface area contributed by atoms with E-state index in [2.05, 4.69) is 22.2 Å². The number of nitrogens with zero attached hydrogens (tertiary/aromatic N) is 3. The number of hydrogen-bond donors (Lipinski definition) is 1. The van der Waals surface area contributed by atoms with E-state index >= 15 is 0 Å². The number of amides is 2. The minimum absolute atomic E-state index is 0.0718. The van der Waals surface area contributed by atoms with Crippen molar-refractivity contribution in [3.63, 3.8) is 0 Å². The number of piperazine rings is 1. The molecule has 1 N–H and O–H groups in total. The van der Waals surface area contributed by atoms with Gasteiger partial charge >= 0.3 is 0 Å². The van der Waals surface area contributed by atoms with Crippen LogP contribution in [0.4, 0.5) is 11.4 Å². The van der Waals surface area contributed by atoms with E-state index in [-0.39, 0.29) is 18.4 Å². The highest BCUT2D eigenvalue weighted by Gasteiger charge is 2.15. The van der Waals surface area contributed by atoms with Crippen molar-refractivity contribution in [3.8, 4) is 0 Å². The van der Waals surface area contributed by atoms with Crippen LogP contribution in [0.3, 0.4) is 0 Å². The normalized spacial score (nSPS) is 15.2. The molecule has 6 nitrogen and oxygen atoms in total. The number of carbonyl (C=O) groups excluding carboxylic acids is 2. The van der Waals surface area contributed by atoms with Gasteiger partial charge in [-0.25, -0.2) is 0 Å². The molecule has 2 rings (SSSR count). The second-order valence-electron chi connectivity index (χ2n) is 6.33. The molecule has 0 spiro atoms. The van der Waals surface area contributed by atoms with E-state index in [1.54, 1.807) is 4.90 Å². The zero-order valence-corrected chi connectivity index (χ0v) is 14.9. The molecule has 0 saturated carbocycles. The fraction of sp³-hybridized carbons (Fsp3) is 0.556. The third-order valence-corrected chi connectivity index (χ3v) is 4.29. The highest BCUT2D eigenvalue weighted by atomic mass is 16.2. The summed E-state index contributed by atoms with van der Waals surface area (Å²) in [6.07, 6.45) is 0.840. The number of carbonyl (C=O) groups is 2. The van der Waals surface area contributed by atoms with Gasteiger partial charge in [0.15, 0.2) is 0 Å². The third-order valence-electron chi connectivity index (χ3n) is 4.29. The zero-order chi connectivity index (χ0) is 17.5. The Morgan fingerprint density at radius 3 is 2.29 bits per heavy atom. The van der Waals surface area contributed by atoms with Crippen LogP contribution >= 0.6 is 0 Å². The maximum Gasteiger partial charge on any atom is 0.243 e. The van der Waals surface area contributed by atoms with Gasteiger partial charge in [0.2, 0.25) is 11.8 Å². The average Bonchev–Trinajstić information content (AvgIpc) is 2.56. The molecule has 24 heavy (non-hydrogen) atoms. The summed E-state index contributed by atoms with van der Waals surface area (Å²) in [6, 6.07) is 7.92. The lowest BCUT2D eigenvalue weighted by molar-refractivity contribution is -0.132. The fourth-order valence-electron chi connectivity index (χ4n) is 2.81. The summed E-state index contributed by atoms with van der Waals surface area (Å²) in [6.45, 7) is 8.36. The number of likely N-dealkylation sites (N-methyl/N-ethyl adjacent to an activating group) is 1.